The normalized spacial score (nSPS) is 11.7. The summed E-state index contributed by atoms with van der Waals surface area (Å²) in [5.41, 5.74) is 2.70. The van der Waals surface area contributed by atoms with Gasteiger partial charge in [-0.1, -0.05) is 30.7 Å². The molecule has 0 aliphatic carbocycles. The Labute approximate surface area is 183 Å². The van der Waals surface area contributed by atoms with Gasteiger partial charge in [-0.05, 0) is 42.2 Å². The van der Waals surface area contributed by atoms with Gasteiger partial charge in [-0.25, -0.2) is 9.18 Å². The number of hydrogen-bond acceptors (Lipinski definition) is 3. The van der Waals surface area contributed by atoms with Crippen LogP contribution in [-0.2, 0) is 11.8 Å². The summed E-state index contributed by atoms with van der Waals surface area (Å²) in [5.74, 6) is -1.76. The zero-order chi connectivity index (χ0) is 22.5. The lowest BCUT2D eigenvalue weighted by Gasteiger charge is -2.17. The number of carboxylic acid groups (broad SMARTS) is 1. The lowest BCUT2D eigenvalue weighted by Crippen LogP contribution is -2.21. The van der Waals surface area contributed by atoms with Crippen molar-refractivity contribution in [2.24, 2.45) is 7.05 Å². The van der Waals surface area contributed by atoms with E-state index in [2.05, 4.69) is 15.7 Å². The molecule has 9 heteroatoms. The number of nitrogens with zero attached hydrogens (tertiary/aromatic N) is 2. The van der Waals surface area contributed by atoms with E-state index in [0.717, 1.165) is 17.2 Å². The summed E-state index contributed by atoms with van der Waals surface area (Å²) < 4.78 is 15.7. The fraction of sp³-hybridized carbons (Fsp3) is 0.227. The van der Waals surface area contributed by atoms with Gasteiger partial charge in [0.15, 0.2) is 0 Å². The Kier molecular flexibility index (Phi) is 6.91. The molecule has 0 spiro atoms. The van der Waals surface area contributed by atoms with E-state index in [9.17, 15) is 19.1 Å². The van der Waals surface area contributed by atoms with Crippen LogP contribution < -0.4 is 10.6 Å². The molecule has 7 nitrogen and oxygen atoms in total. The SMILES string of the molecule is CC[C@H](CC(=O)O)c1ccc(-c2cnn(C)c2)c(NC(=O)Nc2ccc(Cl)cc2F)c1. The monoisotopic (exact) mass is 444 g/mol. The first-order valence-electron chi connectivity index (χ1n) is 9.64. The van der Waals surface area contributed by atoms with Crippen LogP contribution in [0.15, 0.2) is 48.8 Å². The fourth-order valence-electron chi connectivity index (χ4n) is 3.31. The minimum Gasteiger partial charge on any atom is -0.481 e. The Morgan fingerprint density at radius 3 is 2.55 bits per heavy atom. The Hall–Kier alpha value is -3.39. The summed E-state index contributed by atoms with van der Waals surface area (Å²) in [6, 6.07) is 8.72. The molecule has 0 saturated carbocycles. The van der Waals surface area contributed by atoms with Gasteiger partial charge in [0, 0.05) is 29.4 Å². The molecule has 2 amide bonds. The fourth-order valence-corrected chi connectivity index (χ4v) is 3.47. The minimum absolute atomic E-state index is 0.0155. The second-order valence-electron chi connectivity index (χ2n) is 7.11. The van der Waals surface area contributed by atoms with Gasteiger partial charge in [0.2, 0.25) is 0 Å². The molecule has 3 aromatic rings. The molecule has 0 fully saturated rings. The van der Waals surface area contributed by atoms with Gasteiger partial charge < -0.3 is 15.7 Å². The van der Waals surface area contributed by atoms with Gasteiger partial charge in [0.1, 0.15) is 5.82 Å². The van der Waals surface area contributed by atoms with E-state index in [1.165, 1.54) is 12.1 Å². The van der Waals surface area contributed by atoms with Crippen molar-refractivity contribution >= 4 is 35.0 Å². The number of carboxylic acids is 1. The van der Waals surface area contributed by atoms with E-state index in [1.807, 2.05) is 19.1 Å². The third-order valence-electron chi connectivity index (χ3n) is 4.87. The number of amides is 2. The van der Waals surface area contributed by atoms with Crippen LogP contribution >= 0.6 is 11.6 Å². The van der Waals surface area contributed by atoms with Crippen molar-refractivity contribution in [2.75, 3.05) is 10.6 Å². The van der Waals surface area contributed by atoms with Gasteiger partial charge in [-0.2, -0.15) is 5.10 Å². The van der Waals surface area contributed by atoms with Crippen LogP contribution in [-0.4, -0.2) is 26.9 Å². The van der Waals surface area contributed by atoms with Crippen LogP contribution in [0.25, 0.3) is 11.1 Å². The van der Waals surface area contributed by atoms with Crippen molar-refractivity contribution in [1.82, 2.24) is 9.78 Å². The molecule has 1 aromatic heterocycles. The van der Waals surface area contributed by atoms with E-state index >= 15 is 0 Å². The molecule has 2 aromatic carbocycles. The summed E-state index contributed by atoms with van der Waals surface area (Å²) in [6.07, 6.45) is 4.06. The highest BCUT2D eigenvalue weighted by molar-refractivity contribution is 6.30. The van der Waals surface area contributed by atoms with E-state index in [0.29, 0.717) is 17.7 Å². The highest BCUT2D eigenvalue weighted by Gasteiger charge is 2.18. The van der Waals surface area contributed by atoms with Crippen molar-refractivity contribution in [3.05, 3.63) is 65.2 Å². The van der Waals surface area contributed by atoms with Gasteiger partial charge in [0.25, 0.3) is 0 Å². The maximum atomic E-state index is 14.0. The average molecular weight is 445 g/mol. The number of benzene rings is 2. The molecule has 3 N–H and O–H groups in total. The van der Waals surface area contributed by atoms with Crippen molar-refractivity contribution in [3.8, 4) is 11.1 Å². The lowest BCUT2D eigenvalue weighted by molar-refractivity contribution is -0.137. The molecule has 1 atom stereocenters. The van der Waals surface area contributed by atoms with Gasteiger partial charge in [-0.15, -0.1) is 0 Å². The predicted molar refractivity (Wildman–Crippen MR) is 118 cm³/mol. The second kappa shape index (κ2) is 9.61. The Morgan fingerprint density at radius 2 is 1.94 bits per heavy atom. The molecule has 0 saturated heterocycles. The first-order chi connectivity index (χ1) is 14.8. The first-order valence-corrected chi connectivity index (χ1v) is 10.0. The Bertz CT molecular complexity index is 1120. The van der Waals surface area contributed by atoms with E-state index in [4.69, 9.17) is 11.6 Å². The highest BCUT2D eigenvalue weighted by atomic mass is 35.5. The molecule has 0 aliphatic heterocycles. The summed E-state index contributed by atoms with van der Waals surface area (Å²) in [7, 11) is 1.78. The van der Waals surface area contributed by atoms with Crippen LogP contribution in [0.5, 0.6) is 0 Å². The number of nitrogens with one attached hydrogen (secondary N) is 2. The number of aliphatic carboxylic acids is 1. The van der Waals surface area contributed by atoms with Gasteiger partial charge >= 0.3 is 12.0 Å². The van der Waals surface area contributed by atoms with E-state index in [-0.39, 0.29) is 23.0 Å². The second-order valence-corrected chi connectivity index (χ2v) is 7.55. The molecule has 162 valence electrons. The number of carbonyl (C=O) groups is 2. The number of rotatable bonds is 7. The smallest absolute Gasteiger partial charge is 0.323 e. The molecule has 1 heterocycles. The maximum Gasteiger partial charge on any atom is 0.323 e. The molecule has 0 radical (unpaired) electrons. The standard InChI is InChI=1S/C22H22ClFN4O3/c1-3-13(9-21(29)30)14-4-6-17(15-11-25-28(2)12-15)20(8-14)27-22(31)26-19-7-5-16(23)10-18(19)24/h4-8,10-13H,3,9H2,1-2H3,(H,29,30)(H2,26,27,31)/t13-/m1/s1. The van der Waals surface area contributed by atoms with E-state index in [1.54, 1.807) is 30.2 Å². The quantitative estimate of drug-likeness (QED) is 0.448. The number of aromatic nitrogens is 2. The van der Waals surface area contributed by atoms with Crippen LogP contribution in [0.3, 0.4) is 0 Å². The predicted octanol–water partition coefficient (Wildman–Crippen LogP) is 5.49. The van der Waals surface area contributed by atoms with Crippen molar-refractivity contribution in [3.63, 3.8) is 0 Å². The molecule has 0 aliphatic rings. The van der Waals surface area contributed by atoms with Crippen LogP contribution in [0.4, 0.5) is 20.6 Å². The van der Waals surface area contributed by atoms with Crippen LogP contribution in [0.1, 0.15) is 31.2 Å². The van der Waals surface area contributed by atoms with Crippen molar-refractivity contribution in [1.29, 1.82) is 0 Å². The van der Waals surface area contributed by atoms with Crippen molar-refractivity contribution in [2.45, 2.75) is 25.7 Å². The van der Waals surface area contributed by atoms with Crippen molar-refractivity contribution < 1.29 is 19.1 Å². The largest absolute Gasteiger partial charge is 0.481 e. The topological polar surface area (TPSA) is 96.2 Å². The Morgan fingerprint density at radius 1 is 1.19 bits per heavy atom. The third kappa shape index (κ3) is 5.61. The Balaban J connectivity index is 1.93. The minimum atomic E-state index is -0.895. The third-order valence-corrected chi connectivity index (χ3v) is 5.11. The number of anilines is 2. The average Bonchev–Trinajstić information content (AvgIpc) is 3.14. The molecule has 0 bridgehead atoms. The van der Waals surface area contributed by atoms with E-state index < -0.39 is 17.8 Å². The van der Waals surface area contributed by atoms with Gasteiger partial charge in [-0.3, -0.25) is 9.48 Å². The number of hydrogen-bond donors (Lipinski definition) is 3. The highest BCUT2D eigenvalue weighted by Crippen LogP contribution is 2.33. The molecule has 0 unspecified atom stereocenters. The molecule has 3 rings (SSSR count). The maximum absolute atomic E-state index is 14.0. The van der Waals surface area contributed by atoms with Crippen LogP contribution in [0, 0.1) is 5.82 Å². The number of aryl methyl sites for hydroxylation is 1. The molecular formula is C22H22ClFN4O3. The number of carbonyl (C=O) groups excluding carboxylic acids is 1. The first kappa shape index (κ1) is 22.3. The summed E-state index contributed by atoms with van der Waals surface area (Å²) >= 11 is 5.75. The number of halogens is 2. The lowest BCUT2D eigenvalue weighted by atomic mass is 9.91. The number of urea groups is 1. The zero-order valence-electron chi connectivity index (χ0n) is 17.0. The summed E-state index contributed by atoms with van der Waals surface area (Å²) in [4.78, 5) is 23.8. The molecular weight excluding hydrogens is 423 g/mol. The van der Waals surface area contributed by atoms with Crippen LogP contribution in [0.2, 0.25) is 5.02 Å². The van der Waals surface area contributed by atoms with Gasteiger partial charge in [0.05, 0.1) is 24.0 Å². The summed E-state index contributed by atoms with van der Waals surface area (Å²) in [5, 5.41) is 18.8. The zero-order valence-corrected chi connectivity index (χ0v) is 17.8. The summed E-state index contributed by atoms with van der Waals surface area (Å²) in [6.45, 7) is 1.91. The molecule has 31 heavy (non-hydrogen) atoms.